The summed E-state index contributed by atoms with van der Waals surface area (Å²) < 4.78 is 5.42. The normalized spacial score (nSPS) is 21.3. The smallest absolute Gasteiger partial charge is 0.119 e. The molecule has 1 unspecified atom stereocenters. The van der Waals surface area contributed by atoms with Gasteiger partial charge in [-0.25, -0.2) is 0 Å². The quantitative estimate of drug-likeness (QED) is 0.901. The van der Waals surface area contributed by atoms with Crippen molar-refractivity contribution in [3.05, 3.63) is 29.8 Å². The molecule has 2 rings (SSSR count). The van der Waals surface area contributed by atoms with Gasteiger partial charge in [-0.1, -0.05) is 26.0 Å². The van der Waals surface area contributed by atoms with Crippen molar-refractivity contribution in [2.24, 2.45) is 10.8 Å². The summed E-state index contributed by atoms with van der Waals surface area (Å²) in [5.41, 5.74) is 0.432. The van der Waals surface area contributed by atoms with Crippen LogP contribution in [0.5, 0.6) is 5.75 Å². The summed E-state index contributed by atoms with van der Waals surface area (Å²) in [6.45, 7) is 7.03. The summed E-state index contributed by atoms with van der Waals surface area (Å²) in [5, 5.41) is 20.4. The number of aliphatic hydroxyl groups is 1. The molecule has 0 heterocycles. The maximum absolute atomic E-state index is 10.7. The SMILES string of the molecule is CCOc1ccc(C(O)C2(C#N)CCC(C)(C)CC2)cc1. The Balaban J connectivity index is 2.17. The predicted octanol–water partition coefficient (Wildman–Crippen LogP) is 4.23. The predicted molar refractivity (Wildman–Crippen MR) is 82.9 cm³/mol. The fraction of sp³-hybridized carbons (Fsp3) is 0.611. The van der Waals surface area contributed by atoms with Crippen molar-refractivity contribution in [3.8, 4) is 11.8 Å². The van der Waals surface area contributed by atoms with Gasteiger partial charge in [0, 0.05) is 0 Å². The van der Waals surface area contributed by atoms with Crippen LogP contribution in [0.2, 0.25) is 0 Å². The van der Waals surface area contributed by atoms with E-state index >= 15 is 0 Å². The van der Waals surface area contributed by atoms with Gasteiger partial charge in [0.15, 0.2) is 0 Å². The van der Waals surface area contributed by atoms with Gasteiger partial charge in [0.25, 0.3) is 0 Å². The lowest BCUT2D eigenvalue weighted by atomic mass is 9.62. The molecule has 21 heavy (non-hydrogen) atoms. The first-order valence-electron chi connectivity index (χ1n) is 7.74. The molecule has 1 N–H and O–H groups in total. The summed E-state index contributed by atoms with van der Waals surface area (Å²) in [4.78, 5) is 0. The zero-order valence-corrected chi connectivity index (χ0v) is 13.2. The minimum absolute atomic E-state index is 0.277. The van der Waals surface area contributed by atoms with Crippen molar-refractivity contribution in [1.82, 2.24) is 0 Å². The van der Waals surface area contributed by atoms with Crippen LogP contribution in [-0.4, -0.2) is 11.7 Å². The van der Waals surface area contributed by atoms with E-state index in [1.165, 1.54) is 0 Å². The Morgan fingerprint density at radius 1 is 1.19 bits per heavy atom. The highest BCUT2D eigenvalue weighted by atomic mass is 16.5. The number of rotatable bonds is 4. The molecule has 0 spiro atoms. The Bertz CT molecular complexity index is 503. The molecule has 0 aromatic heterocycles. The molecule has 0 bridgehead atoms. The van der Waals surface area contributed by atoms with Crippen LogP contribution in [0.25, 0.3) is 0 Å². The summed E-state index contributed by atoms with van der Waals surface area (Å²) in [7, 11) is 0. The van der Waals surface area contributed by atoms with Crippen molar-refractivity contribution in [1.29, 1.82) is 5.26 Å². The fourth-order valence-corrected chi connectivity index (χ4v) is 3.05. The summed E-state index contributed by atoms with van der Waals surface area (Å²) >= 11 is 0. The molecule has 1 aromatic rings. The van der Waals surface area contributed by atoms with Gasteiger partial charge < -0.3 is 9.84 Å². The number of hydrogen-bond acceptors (Lipinski definition) is 3. The number of nitriles is 1. The molecule has 3 heteroatoms. The van der Waals surface area contributed by atoms with Crippen LogP contribution < -0.4 is 4.74 Å². The highest BCUT2D eigenvalue weighted by Crippen LogP contribution is 2.50. The number of aliphatic hydroxyl groups excluding tert-OH is 1. The third-order valence-electron chi connectivity index (χ3n) is 4.75. The monoisotopic (exact) mass is 287 g/mol. The summed E-state index contributed by atoms with van der Waals surface area (Å²) in [5.74, 6) is 0.796. The van der Waals surface area contributed by atoms with E-state index in [2.05, 4.69) is 19.9 Å². The van der Waals surface area contributed by atoms with E-state index in [-0.39, 0.29) is 5.41 Å². The van der Waals surface area contributed by atoms with Gasteiger partial charge in [0.1, 0.15) is 5.75 Å². The molecule has 114 valence electrons. The van der Waals surface area contributed by atoms with E-state index in [1.807, 2.05) is 31.2 Å². The van der Waals surface area contributed by atoms with Gasteiger partial charge in [0.2, 0.25) is 0 Å². The number of benzene rings is 1. The molecule has 0 aliphatic heterocycles. The first-order valence-corrected chi connectivity index (χ1v) is 7.74. The lowest BCUT2D eigenvalue weighted by molar-refractivity contribution is 0.00953. The second-order valence-electron chi connectivity index (χ2n) is 6.84. The molecule has 0 amide bonds. The largest absolute Gasteiger partial charge is 0.494 e. The van der Waals surface area contributed by atoms with Crippen LogP contribution in [0.4, 0.5) is 0 Å². The van der Waals surface area contributed by atoms with Gasteiger partial charge in [0.05, 0.1) is 24.2 Å². The van der Waals surface area contributed by atoms with Crippen molar-refractivity contribution < 1.29 is 9.84 Å². The molecule has 0 saturated heterocycles. The van der Waals surface area contributed by atoms with E-state index < -0.39 is 11.5 Å². The first kappa shape index (κ1) is 15.9. The standard InChI is InChI=1S/C18H25NO2/c1-4-21-15-7-5-14(6-8-15)16(20)18(13-19)11-9-17(2,3)10-12-18/h5-8,16,20H,4,9-12H2,1-3H3. The van der Waals surface area contributed by atoms with Gasteiger partial charge in [-0.2, -0.15) is 5.26 Å². The van der Waals surface area contributed by atoms with Crippen LogP contribution in [0.3, 0.4) is 0 Å². The Kier molecular flexibility index (Phi) is 4.58. The molecule has 1 fully saturated rings. The van der Waals surface area contributed by atoms with Crippen molar-refractivity contribution in [2.45, 2.75) is 52.6 Å². The minimum Gasteiger partial charge on any atom is -0.494 e. The van der Waals surface area contributed by atoms with Crippen LogP contribution in [-0.2, 0) is 0 Å². The minimum atomic E-state index is -0.728. The molecule has 1 aliphatic rings. The van der Waals surface area contributed by atoms with Gasteiger partial charge in [-0.15, -0.1) is 0 Å². The van der Waals surface area contributed by atoms with Crippen LogP contribution >= 0.6 is 0 Å². The molecule has 3 nitrogen and oxygen atoms in total. The molecule has 1 saturated carbocycles. The Morgan fingerprint density at radius 2 is 1.76 bits per heavy atom. The Labute approximate surface area is 127 Å². The van der Waals surface area contributed by atoms with Crippen LogP contribution in [0, 0.1) is 22.2 Å². The first-order chi connectivity index (χ1) is 9.92. The fourth-order valence-electron chi connectivity index (χ4n) is 3.05. The highest BCUT2D eigenvalue weighted by molar-refractivity contribution is 5.31. The van der Waals surface area contributed by atoms with Crippen LogP contribution in [0.1, 0.15) is 58.1 Å². The number of hydrogen-bond donors (Lipinski definition) is 1. The van der Waals surface area contributed by atoms with Gasteiger partial charge >= 0.3 is 0 Å². The van der Waals surface area contributed by atoms with E-state index in [1.54, 1.807) is 0 Å². The van der Waals surface area contributed by atoms with E-state index in [0.29, 0.717) is 6.61 Å². The molecule has 1 atom stereocenters. The Hall–Kier alpha value is -1.53. The van der Waals surface area contributed by atoms with Crippen molar-refractivity contribution >= 4 is 0 Å². The van der Waals surface area contributed by atoms with Gasteiger partial charge in [-0.05, 0) is 55.7 Å². The maximum Gasteiger partial charge on any atom is 0.119 e. The van der Waals surface area contributed by atoms with Crippen molar-refractivity contribution in [3.63, 3.8) is 0 Å². The molecule has 0 radical (unpaired) electrons. The molecular formula is C18H25NO2. The third kappa shape index (κ3) is 3.39. The topological polar surface area (TPSA) is 53.2 Å². The van der Waals surface area contributed by atoms with E-state index in [0.717, 1.165) is 37.0 Å². The zero-order valence-electron chi connectivity index (χ0n) is 13.2. The lowest BCUT2D eigenvalue weighted by Crippen LogP contribution is -2.35. The lowest BCUT2D eigenvalue weighted by Gasteiger charge is -2.42. The second kappa shape index (κ2) is 6.07. The average Bonchev–Trinajstić information content (AvgIpc) is 2.48. The van der Waals surface area contributed by atoms with Crippen molar-refractivity contribution in [2.75, 3.05) is 6.61 Å². The van der Waals surface area contributed by atoms with Gasteiger partial charge in [-0.3, -0.25) is 0 Å². The van der Waals surface area contributed by atoms with E-state index in [9.17, 15) is 10.4 Å². The molecule has 1 aromatic carbocycles. The zero-order chi connectivity index (χ0) is 15.5. The summed E-state index contributed by atoms with van der Waals surface area (Å²) in [6, 6.07) is 9.87. The third-order valence-corrected chi connectivity index (χ3v) is 4.75. The number of ether oxygens (including phenoxy) is 1. The molecular weight excluding hydrogens is 262 g/mol. The highest BCUT2D eigenvalue weighted by Gasteiger charge is 2.44. The molecule has 1 aliphatic carbocycles. The van der Waals surface area contributed by atoms with E-state index in [4.69, 9.17) is 4.74 Å². The van der Waals surface area contributed by atoms with Crippen LogP contribution in [0.15, 0.2) is 24.3 Å². The summed E-state index contributed by atoms with van der Waals surface area (Å²) in [6.07, 6.45) is 2.74. The maximum atomic E-state index is 10.7. The number of nitrogens with zero attached hydrogens (tertiary/aromatic N) is 1. The Morgan fingerprint density at radius 3 is 2.24 bits per heavy atom. The average molecular weight is 287 g/mol. The second-order valence-corrected chi connectivity index (χ2v) is 6.84.